The lowest BCUT2D eigenvalue weighted by Crippen LogP contribution is -2.43. The zero-order valence-electron chi connectivity index (χ0n) is 23.1. The quantitative estimate of drug-likeness (QED) is 0.368. The van der Waals surface area contributed by atoms with E-state index in [4.69, 9.17) is 15.0 Å². The maximum absolute atomic E-state index is 13.5. The molecule has 12 heteroatoms. The van der Waals surface area contributed by atoms with Gasteiger partial charge in [-0.2, -0.15) is 5.26 Å². The van der Waals surface area contributed by atoms with E-state index >= 15 is 0 Å². The van der Waals surface area contributed by atoms with Crippen LogP contribution in [0.1, 0.15) is 51.4 Å². The van der Waals surface area contributed by atoms with Crippen molar-refractivity contribution in [3.8, 4) is 6.07 Å². The van der Waals surface area contributed by atoms with E-state index < -0.39 is 21.7 Å². The van der Waals surface area contributed by atoms with Gasteiger partial charge in [0.05, 0.1) is 23.7 Å². The third kappa shape index (κ3) is 5.34. The van der Waals surface area contributed by atoms with Crippen LogP contribution in [0, 0.1) is 24.2 Å². The second-order valence-corrected chi connectivity index (χ2v) is 12.9. The number of carbonyl (C=O) groups excluding carboxylic acids is 1. The lowest BCUT2D eigenvalue weighted by atomic mass is 9.95. The zero-order chi connectivity index (χ0) is 28.7. The van der Waals surface area contributed by atoms with E-state index in [0.29, 0.717) is 53.3 Å². The smallest absolute Gasteiger partial charge is 0.408 e. The van der Waals surface area contributed by atoms with Crippen LogP contribution in [0.3, 0.4) is 0 Å². The Bertz CT molecular complexity index is 1700. The van der Waals surface area contributed by atoms with Crippen molar-refractivity contribution in [1.82, 2.24) is 23.9 Å². The summed E-state index contributed by atoms with van der Waals surface area (Å²) in [4.78, 5) is 21.9. The van der Waals surface area contributed by atoms with Gasteiger partial charge in [0.15, 0.2) is 5.65 Å². The maximum atomic E-state index is 13.5. The maximum Gasteiger partial charge on any atom is 0.408 e. The molecule has 1 amide bonds. The topological polar surface area (TPSA) is 135 Å². The van der Waals surface area contributed by atoms with E-state index in [2.05, 4.69) is 21.4 Å². The number of benzene rings is 1. The Kier molecular flexibility index (Phi) is 7.18. The van der Waals surface area contributed by atoms with Crippen LogP contribution in [0.5, 0.6) is 0 Å². The number of aromatic nitrogens is 4. The summed E-state index contributed by atoms with van der Waals surface area (Å²) < 4.78 is 35.6. The molecule has 1 aromatic carbocycles. The highest BCUT2D eigenvalue weighted by Gasteiger charge is 2.27. The molecule has 5 rings (SSSR count). The summed E-state index contributed by atoms with van der Waals surface area (Å²) in [5.74, 6) is 0.893. The van der Waals surface area contributed by atoms with E-state index in [1.54, 1.807) is 57.3 Å². The lowest BCUT2D eigenvalue weighted by Gasteiger charge is -2.34. The summed E-state index contributed by atoms with van der Waals surface area (Å²) in [6.45, 7) is 8.76. The number of nitriles is 1. The molecule has 0 saturated carbocycles. The van der Waals surface area contributed by atoms with Gasteiger partial charge >= 0.3 is 6.09 Å². The molecule has 0 spiro atoms. The molecule has 4 aromatic rings. The van der Waals surface area contributed by atoms with Gasteiger partial charge in [-0.05, 0) is 64.7 Å². The van der Waals surface area contributed by atoms with Crippen molar-refractivity contribution in [3.05, 3.63) is 54.1 Å². The Labute approximate surface area is 233 Å². The number of imidazole rings is 1. The molecule has 4 heterocycles. The van der Waals surface area contributed by atoms with E-state index in [-0.39, 0.29) is 11.4 Å². The number of hydrogen-bond donors (Lipinski definition) is 1. The Balaban J connectivity index is 1.59. The van der Waals surface area contributed by atoms with Gasteiger partial charge in [0.25, 0.3) is 10.0 Å². The Hall–Kier alpha value is -4.11. The lowest BCUT2D eigenvalue weighted by molar-refractivity contribution is 0.0521. The summed E-state index contributed by atoms with van der Waals surface area (Å²) in [5.41, 5.74) is 1.90. The number of piperidine rings is 1. The first-order valence-electron chi connectivity index (χ1n) is 13.3. The SMILES string of the molecule is Cc1ccc(S(=O)(=O)n2ccc3c2ncc2nc(CNC(=O)OC(C)(C)C)n(N4CCC(CC#N)CC4)c23)cc1. The fourth-order valence-corrected chi connectivity index (χ4v) is 6.31. The summed E-state index contributed by atoms with van der Waals surface area (Å²) in [6, 6.07) is 10.7. The van der Waals surface area contributed by atoms with Gasteiger partial charge in [-0.3, -0.25) is 0 Å². The second-order valence-electron chi connectivity index (χ2n) is 11.1. The highest BCUT2D eigenvalue weighted by Crippen LogP contribution is 2.30. The number of nitrogens with one attached hydrogen (secondary N) is 1. The average Bonchev–Trinajstić information content (AvgIpc) is 3.49. The molecule has 40 heavy (non-hydrogen) atoms. The van der Waals surface area contributed by atoms with E-state index in [0.717, 1.165) is 18.4 Å². The monoisotopic (exact) mass is 563 g/mol. The molecule has 1 fully saturated rings. The number of alkyl carbamates (subject to hydrolysis) is 1. The first-order chi connectivity index (χ1) is 19.0. The van der Waals surface area contributed by atoms with Gasteiger partial charge in [0.2, 0.25) is 0 Å². The van der Waals surface area contributed by atoms with Crippen molar-refractivity contribution in [2.45, 2.75) is 64.0 Å². The number of pyridine rings is 1. The average molecular weight is 564 g/mol. The largest absolute Gasteiger partial charge is 0.444 e. The molecule has 1 aliphatic heterocycles. The minimum atomic E-state index is -3.88. The van der Waals surface area contributed by atoms with Crippen LogP contribution >= 0.6 is 0 Å². The summed E-state index contributed by atoms with van der Waals surface area (Å²) in [7, 11) is -3.88. The van der Waals surface area contributed by atoms with Crippen LogP contribution in [-0.4, -0.2) is 51.8 Å². The number of carbonyl (C=O) groups is 1. The van der Waals surface area contributed by atoms with Crippen LogP contribution in [0.15, 0.2) is 47.6 Å². The van der Waals surface area contributed by atoms with Gasteiger partial charge in [0, 0.05) is 31.1 Å². The number of aryl methyl sites for hydroxylation is 1. The zero-order valence-corrected chi connectivity index (χ0v) is 23.9. The van der Waals surface area contributed by atoms with E-state index in [9.17, 15) is 13.2 Å². The van der Waals surface area contributed by atoms with E-state index in [1.165, 1.54) is 10.2 Å². The molecular weight excluding hydrogens is 530 g/mol. The molecule has 0 radical (unpaired) electrons. The molecule has 210 valence electrons. The molecular formula is C28H33N7O4S. The van der Waals surface area contributed by atoms with Gasteiger partial charge in [-0.25, -0.2) is 31.8 Å². The van der Waals surface area contributed by atoms with Crippen molar-refractivity contribution < 1.29 is 17.9 Å². The molecule has 0 aliphatic carbocycles. The predicted octanol–water partition coefficient (Wildman–Crippen LogP) is 4.22. The summed E-state index contributed by atoms with van der Waals surface area (Å²) in [6.07, 6.45) is 4.71. The molecule has 0 atom stereocenters. The van der Waals surface area contributed by atoms with Crippen molar-refractivity contribution in [2.24, 2.45) is 5.92 Å². The van der Waals surface area contributed by atoms with Crippen molar-refractivity contribution in [1.29, 1.82) is 5.26 Å². The van der Waals surface area contributed by atoms with Crippen LogP contribution in [0.2, 0.25) is 0 Å². The van der Waals surface area contributed by atoms with Crippen LogP contribution in [0.25, 0.3) is 22.1 Å². The molecule has 1 N–H and O–H groups in total. The van der Waals surface area contributed by atoms with Crippen LogP contribution in [0.4, 0.5) is 4.79 Å². The highest BCUT2D eigenvalue weighted by atomic mass is 32.2. The van der Waals surface area contributed by atoms with Gasteiger partial charge in [0.1, 0.15) is 22.5 Å². The number of amides is 1. The first kappa shape index (κ1) is 27.5. The normalized spacial score (nSPS) is 14.9. The number of hydrogen-bond acceptors (Lipinski definition) is 8. The van der Waals surface area contributed by atoms with Crippen molar-refractivity contribution in [2.75, 3.05) is 18.1 Å². The van der Waals surface area contributed by atoms with Gasteiger partial charge in [-0.15, -0.1) is 0 Å². The predicted molar refractivity (Wildman–Crippen MR) is 151 cm³/mol. The van der Waals surface area contributed by atoms with Crippen LogP contribution in [-0.2, 0) is 21.3 Å². The minimum absolute atomic E-state index is 0.103. The summed E-state index contributed by atoms with van der Waals surface area (Å²) >= 11 is 0. The third-order valence-electron chi connectivity index (χ3n) is 6.96. The number of fused-ring (bicyclic) bond motifs is 3. The third-order valence-corrected chi connectivity index (χ3v) is 8.64. The molecule has 1 saturated heterocycles. The number of ether oxygens (including phenoxy) is 1. The van der Waals surface area contributed by atoms with Crippen molar-refractivity contribution in [3.63, 3.8) is 0 Å². The minimum Gasteiger partial charge on any atom is -0.444 e. The van der Waals surface area contributed by atoms with Crippen molar-refractivity contribution >= 4 is 38.2 Å². The first-order valence-corrected chi connectivity index (χ1v) is 14.7. The Morgan fingerprint density at radius 2 is 1.88 bits per heavy atom. The fourth-order valence-electron chi connectivity index (χ4n) is 5.01. The highest BCUT2D eigenvalue weighted by molar-refractivity contribution is 7.90. The van der Waals surface area contributed by atoms with Gasteiger partial charge in [-0.1, -0.05) is 17.7 Å². The summed E-state index contributed by atoms with van der Waals surface area (Å²) in [5, 5.41) is 14.7. The Morgan fingerprint density at radius 1 is 1.18 bits per heavy atom. The molecule has 0 unspecified atom stereocenters. The molecule has 3 aromatic heterocycles. The van der Waals surface area contributed by atoms with E-state index in [1.807, 2.05) is 11.6 Å². The molecule has 0 bridgehead atoms. The molecule has 11 nitrogen and oxygen atoms in total. The van der Waals surface area contributed by atoms with Crippen LogP contribution < -0.4 is 10.3 Å². The second kappa shape index (κ2) is 10.5. The molecule has 1 aliphatic rings. The Morgan fingerprint density at radius 3 is 2.52 bits per heavy atom. The number of nitrogens with zero attached hydrogens (tertiary/aromatic N) is 6. The van der Waals surface area contributed by atoms with Gasteiger partial charge < -0.3 is 15.1 Å². The number of rotatable bonds is 6. The fraction of sp³-hybridized carbons (Fsp3) is 0.429. The standard InChI is InChI=1S/C28H33N7O4S/c1-19-5-7-21(8-6-19)40(37,38)34-16-12-22-25-23(17-30-26(22)34)32-24(18-31-27(36)39-28(2,3)4)35(25)33-14-10-20(9-13-29)11-15-33/h5-8,12,16-17,20H,9-11,14-15,18H2,1-4H3,(H,31,36).